The molecule has 0 unspecified atom stereocenters. The van der Waals surface area contributed by atoms with Gasteiger partial charge in [0.25, 0.3) is 11.3 Å². The van der Waals surface area contributed by atoms with Crippen LogP contribution in [0, 0.1) is 0 Å². The highest BCUT2D eigenvalue weighted by Gasteiger charge is 2.35. The molecule has 0 saturated carbocycles. The molecule has 0 aliphatic rings. The first kappa shape index (κ1) is 8.66. The topological polar surface area (TPSA) is 75.9 Å². The third-order valence-corrected chi connectivity index (χ3v) is 1.49. The average Bonchev–Trinajstić information content (AvgIpc) is 2.47. The van der Waals surface area contributed by atoms with Crippen LogP contribution >= 0.6 is 0 Å². The van der Waals surface area contributed by atoms with E-state index in [0.717, 1.165) is 0 Å². The Morgan fingerprint density at radius 2 is 2.14 bits per heavy atom. The van der Waals surface area contributed by atoms with Crippen molar-refractivity contribution in [3.63, 3.8) is 0 Å². The zero-order chi connectivity index (χ0) is 10.3. The maximum atomic E-state index is 12.3. The summed E-state index contributed by atoms with van der Waals surface area (Å²) in [5.41, 5.74) is -2.11. The quantitative estimate of drug-likeness (QED) is 0.647. The number of rotatable bonds is 0. The fraction of sp³-hybridized carbons (Fsp3) is 0.200. The second kappa shape index (κ2) is 2.53. The van der Waals surface area contributed by atoms with Gasteiger partial charge in [0.15, 0.2) is 5.69 Å². The minimum Gasteiger partial charge on any atom is -0.289 e. The van der Waals surface area contributed by atoms with Crippen molar-refractivity contribution in [2.75, 3.05) is 0 Å². The lowest BCUT2D eigenvalue weighted by Gasteiger charge is -2.05. The Hall–Kier alpha value is -1.93. The van der Waals surface area contributed by atoms with Crippen LogP contribution in [-0.2, 0) is 6.18 Å². The molecule has 9 heteroatoms. The van der Waals surface area contributed by atoms with E-state index in [0.29, 0.717) is 10.6 Å². The monoisotopic (exact) mass is 205 g/mol. The zero-order valence-electron chi connectivity index (χ0n) is 6.41. The zero-order valence-corrected chi connectivity index (χ0v) is 6.41. The van der Waals surface area contributed by atoms with E-state index in [9.17, 15) is 18.0 Å². The van der Waals surface area contributed by atoms with E-state index in [1.54, 1.807) is 0 Å². The molecule has 2 aromatic heterocycles. The highest BCUT2D eigenvalue weighted by atomic mass is 19.4. The summed E-state index contributed by atoms with van der Waals surface area (Å²) in [6.45, 7) is 0. The second-order valence-electron chi connectivity index (χ2n) is 2.43. The van der Waals surface area contributed by atoms with E-state index >= 15 is 0 Å². The fourth-order valence-corrected chi connectivity index (χ4v) is 0.961. The molecule has 74 valence electrons. The molecule has 0 aromatic carbocycles. The molecular formula is C5H2F3N5O. The van der Waals surface area contributed by atoms with Gasteiger partial charge in [-0.3, -0.25) is 9.78 Å². The van der Waals surface area contributed by atoms with E-state index in [4.69, 9.17) is 0 Å². The number of nitrogens with zero attached hydrogens (tertiary/aromatic N) is 4. The summed E-state index contributed by atoms with van der Waals surface area (Å²) in [5.74, 6) is -0.343. The molecule has 0 atom stereocenters. The highest BCUT2D eigenvalue weighted by Crippen LogP contribution is 2.27. The lowest BCUT2D eigenvalue weighted by Crippen LogP contribution is -2.19. The van der Waals surface area contributed by atoms with Crippen molar-refractivity contribution in [2.24, 2.45) is 0 Å². The minimum absolute atomic E-state index is 0.343. The van der Waals surface area contributed by atoms with Crippen molar-refractivity contribution in [2.45, 2.75) is 6.18 Å². The Morgan fingerprint density at radius 3 is 2.79 bits per heavy atom. The van der Waals surface area contributed by atoms with Crippen molar-refractivity contribution in [3.05, 3.63) is 22.1 Å². The van der Waals surface area contributed by atoms with Crippen LogP contribution in [0.15, 0.2) is 10.9 Å². The molecule has 0 aliphatic carbocycles. The molecule has 0 saturated heterocycles. The molecule has 14 heavy (non-hydrogen) atoms. The van der Waals surface area contributed by atoms with Crippen molar-refractivity contribution in [1.82, 2.24) is 25.0 Å². The van der Waals surface area contributed by atoms with Gasteiger partial charge in [-0.25, -0.2) is 0 Å². The van der Waals surface area contributed by atoms with Crippen molar-refractivity contribution < 1.29 is 13.2 Å². The molecule has 2 rings (SSSR count). The number of H-pyrrole nitrogens is 1. The van der Waals surface area contributed by atoms with Gasteiger partial charge in [0.05, 0.1) is 0 Å². The number of halogens is 3. The molecule has 6 nitrogen and oxygen atoms in total. The van der Waals surface area contributed by atoms with Crippen LogP contribution < -0.4 is 5.56 Å². The van der Waals surface area contributed by atoms with E-state index in [-0.39, 0.29) is 5.78 Å². The molecule has 0 amide bonds. The number of nitrogens with one attached hydrogen (secondary N) is 1. The third kappa shape index (κ3) is 1.22. The van der Waals surface area contributed by atoms with E-state index < -0.39 is 17.4 Å². The number of aromatic nitrogens is 5. The minimum atomic E-state index is -4.66. The van der Waals surface area contributed by atoms with Crippen LogP contribution in [0.4, 0.5) is 13.2 Å². The van der Waals surface area contributed by atoms with Crippen LogP contribution in [-0.4, -0.2) is 25.0 Å². The number of fused-ring (bicyclic) bond motifs is 1. The van der Waals surface area contributed by atoms with Crippen LogP contribution in [0.25, 0.3) is 5.78 Å². The van der Waals surface area contributed by atoms with E-state index in [1.165, 1.54) is 0 Å². The summed E-state index contributed by atoms with van der Waals surface area (Å²) >= 11 is 0. The first-order valence-electron chi connectivity index (χ1n) is 3.37. The van der Waals surface area contributed by atoms with Gasteiger partial charge in [0.1, 0.15) is 0 Å². The lowest BCUT2D eigenvalue weighted by atomic mass is 10.4. The predicted octanol–water partition coefficient (Wildman–Crippen LogP) is -0.169. The Kier molecular flexibility index (Phi) is 1.56. The van der Waals surface area contributed by atoms with Crippen LogP contribution in [0.5, 0.6) is 0 Å². The van der Waals surface area contributed by atoms with Gasteiger partial charge in [-0.05, 0) is 10.4 Å². The predicted molar refractivity (Wildman–Crippen MR) is 36.4 cm³/mol. The maximum Gasteiger partial charge on any atom is 0.433 e. The van der Waals surface area contributed by atoms with Gasteiger partial charge in [-0.2, -0.15) is 17.7 Å². The van der Waals surface area contributed by atoms with Crippen LogP contribution in [0.2, 0.25) is 0 Å². The molecular weight excluding hydrogens is 203 g/mol. The van der Waals surface area contributed by atoms with Gasteiger partial charge in [-0.15, -0.1) is 0 Å². The first-order valence-corrected chi connectivity index (χ1v) is 3.37. The summed E-state index contributed by atoms with van der Waals surface area (Å²) in [6, 6.07) is 0.392. The smallest absolute Gasteiger partial charge is 0.289 e. The molecule has 0 radical (unpaired) electrons. The number of hydrogen-bond donors (Lipinski definition) is 1. The maximum absolute atomic E-state index is 12.3. The van der Waals surface area contributed by atoms with E-state index in [1.807, 2.05) is 0 Å². The Labute approximate surface area is 73.4 Å². The Balaban J connectivity index is 2.87. The summed E-state index contributed by atoms with van der Waals surface area (Å²) in [4.78, 5) is 12.8. The lowest BCUT2D eigenvalue weighted by molar-refractivity contribution is -0.142. The fourth-order valence-electron chi connectivity index (χ4n) is 0.961. The van der Waals surface area contributed by atoms with Gasteiger partial charge in [-0.1, -0.05) is 5.10 Å². The van der Waals surface area contributed by atoms with Crippen LogP contribution in [0.1, 0.15) is 5.69 Å². The van der Waals surface area contributed by atoms with Crippen molar-refractivity contribution in [3.8, 4) is 0 Å². The summed E-state index contributed by atoms with van der Waals surface area (Å²) < 4.78 is 37.3. The van der Waals surface area contributed by atoms with Gasteiger partial charge < -0.3 is 0 Å². The third-order valence-electron chi connectivity index (χ3n) is 1.49. The first-order chi connectivity index (χ1) is 6.48. The Bertz CT molecular complexity index is 526. The summed E-state index contributed by atoms with van der Waals surface area (Å²) in [6.07, 6.45) is -4.66. The number of hydrogen-bond acceptors (Lipinski definition) is 4. The van der Waals surface area contributed by atoms with Gasteiger partial charge >= 0.3 is 6.18 Å². The summed E-state index contributed by atoms with van der Waals surface area (Å²) in [7, 11) is 0. The number of alkyl halides is 3. The largest absolute Gasteiger partial charge is 0.433 e. The number of tetrazole rings is 1. The second-order valence-corrected chi connectivity index (χ2v) is 2.43. The van der Waals surface area contributed by atoms with E-state index in [2.05, 4.69) is 20.5 Å². The van der Waals surface area contributed by atoms with Crippen LogP contribution in [0.3, 0.4) is 0 Å². The van der Waals surface area contributed by atoms with Crippen molar-refractivity contribution >= 4 is 5.78 Å². The molecule has 0 fully saturated rings. The SMILES string of the molecule is O=c1cc(C(F)(F)F)n2nnnc2[nH]1. The molecule has 2 heterocycles. The highest BCUT2D eigenvalue weighted by molar-refractivity contribution is 5.26. The van der Waals surface area contributed by atoms with Gasteiger partial charge in [0.2, 0.25) is 0 Å². The molecule has 0 bridgehead atoms. The Morgan fingerprint density at radius 1 is 1.43 bits per heavy atom. The molecule has 1 N–H and O–H groups in total. The van der Waals surface area contributed by atoms with Gasteiger partial charge in [0, 0.05) is 6.07 Å². The average molecular weight is 205 g/mol. The normalized spacial score (nSPS) is 12.2. The number of aromatic amines is 1. The molecule has 0 spiro atoms. The molecule has 2 aromatic rings. The molecule has 0 aliphatic heterocycles. The van der Waals surface area contributed by atoms with Crippen molar-refractivity contribution in [1.29, 1.82) is 0 Å². The standard InChI is InChI=1S/C5H2F3N5O/c6-5(7,8)2-1-3(14)9-4-10-11-12-13(2)4/h1H,(H,9,10,12,14). The summed E-state index contributed by atoms with van der Waals surface area (Å²) in [5, 5.41) is 9.30.